The molecular weight excluding hydrogens is 229 g/mol. The zero-order valence-corrected chi connectivity index (χ0v) is 9.17. The van der Waals surface area contributed by atoms with Crippen LogP contribution in [0, 0.1) is 5.82 Å². The zero-order chi connectivity index (χ0) is 11.4. The molecule has 0 aliphatic rings. The number of rotatable bonds is 4. The molecule has 1 heterocycles. The Balaban J connectivity index is 1.94. The number of aliphatic hydroxyl groups is 1. The van der Waals surface area contributed by atoms with E-state index in [9.17, 15) is 4.39 Å². The Hall–Kier alpha value is -1.40. The molecule has 0 bridgehead atoms. The molecule has 2 rings (SSSR count). The Morgan fingerprint density at radius 1 is 1.31 bits per heavy atom. The van der Waals surface area contributed by atoms with E-state index < -0.39 is 0 Å². The van der Waals surface area contributed by atoms with Gasteiger partial charge in [0.2, 0.25) is 0 Å². The van der Waals surface area contributed by atoms with Crippen LogP contribution < -0.4 is 0 Å². The summed E-state index contributed by atoms with van der Waals surface area (Å²) < 4.78 is 12.6. The maximum atomic E-state index is 12.6. The van der Waals surface area contributed by atoms with Crippen molar-refractivity contribution in [1.82, 2.24) is 15.2 Å². The van der Waals surface area contributed by atoms with Crippen LogP contribution >= 0.6 is 11.8 Å². The Morgan fingerprint density at radius 3 is 2.69 bits per heavy atom. The Labute approximate surface area is 95.9 Å². The molecule has 4 nitrogen and oxygen atoms in total. The predicted molar refractivity (Wildman–Crippen MR) is 58.3 cm³/mol. The number of benzene rings is 1. The first-order chi connectivity index (χ1) is 7.78. The van der Waals surface area contributed by atoms with Gasteiger partial charge in [0.15, 0.2) is 5.82 Å². The molecule has 2 aromatic rings. The van der Waals surface area contributed by atoms with Crippen LogP contribution in [0.15, 0.2) is 29.2 Å². The van der Waals surface area contributed by atoms with Crippen LogP contribution in [0.2, 0.25) is 0 Å². The number of H-pyrrole nitrogens is 1. The zero-order valence-electron chi connectivity index (χ0n) is 8.35. The normalized spacial score (nSPS) is 10.6. The molecule has 0 unspecified atom stereocenters. The van der Waals surface area contributed by atoms with Crippen molar-refractivity contribution < 1.29 is 9.50 Å². The fourth-order valence-electron chi connectivity index (χ4n) is 1.15. The molecule has 0 fully saturated rings. The summed E-state index contributed by atoms with van der Waals surface area (Å²) in [6.45, 7) is -0.169. The summed E-state index contributed by atoms with van der Waals surface area (Å²) in [4.78, 5) is 5.01. The molecule has 0 amide bonds. The molecule has 0 radical (unpaired) electrons. The monoisotopic (exact) mass is 239 g/mol. The summed E-state index contributed by atoms with van der Waals surface area (Å²) in [7, 11) is 0. The highest BCUT2D eigenvalue weighted by Gasteiger charge is 2.02. The maximum absolute atomic E-state index is 12.6. The molecule has 0 spiro atoms. The first kappa shape index (κ1) is 11.1. The molecule has 1 aromatic heterocycles. The first-order valence-corrected chi connectivity index (χ1v) is 5.66. The first-order valence-electron chi connectivity index (χ1n) is 4.67. The molecular formula is C10H10FN3OS. The van der Waals surface area contributed by atoms with Gasteiger partial charge in [0.25, 0.3) is 0 Å². The number of halogens is 1. The van der Waals surface area contributed by atoms with Crippen LogP contribution in [-0.2, 0) is 12.4 Å². The van der Waals surface area contributed by atoms with Crippen molar-refractivity contribution >= 4 is 11.8 Å². The van der Waals surface area contributed by atoms with Gasteiger partial charge in [-0.05, 0) is 24.3 Å². The van der Waals surface area contributed by atoms with E-state index >= 15 is 0 Å². The maximum Gasteiger partial charge on any atom is 0.176 e. The van der Waals surface area contributed by atoms with Crippen LogP contribution in [0.25, 0.3) is 0 Å². The van der Waals surface area contributed by atoms with Gasteiger partial charge in [-0.3, -0.25) is 5.10 Å². The molecule has 0 saturated heterocycles. The SMILES string of the molecule is OCc1n[nH]c(CSc2ccc(F)cc2)n1. The molecule has 0 aliphatic carbocycles. The third-order valence-corrected chi connectivity index (χ3v) is 2.93. The molecule has 16 heavy (non-hydrogen) atoms. The number of aliphatic hydroxyl groups excluding tert-OH is 1. The van der Waals surface area contributed by atoms with E-state index in [1.807, 2.05) is 0 Å². The van der Waals surface area contributed by atoms with Gasteiger partial charge in [-0.1, -0.05) is 0 Å². The predicted octanol–water partition coefficient (Wildman–Crippen LogP) is 1.73. The summed E-state index contributed by atoms with van der Waals surface area (Å²) >= 11 is 1.52. The lowest BCUT2D eigenvalue weighted by Crippen LogP contribution is -1.86. The Kier molecular flexibility index (Phi) is 3.53. The van der Waals surface area contributed by atoms with Gasteiger partial charge in [-0.25, -0.2) is 9.37 Å². The quantitative estimate of drug-likeness (QED) is 0.798. The lowest BCUT2D eigenvalue weighted by Gasteiger charge is -1.98. The molecule has 0 atom stereocenters. The van der Waals surface area contributed by atoms with Gasteiger partial charge < -0.3 is 5.11 Å². The molecule has 0 saturated carbocycles. The lowest BCUT2D eigenvalue weighted by molar-refractivity contribution is 0.272. The van der Waals surface area contributed by atoms with Crippen molar-refractivity contribution in [2.24, 2.45) is 0 Å². The minimum atomic E-state index is -0.244. The Morgan fingerprint density at radius 2 is 2.06 bits per heavy atom. The van der Waals surface area contributed by atoms with Gasteiger partial charge in [-0.15, -0.1) is 11.8 Å². The van der Waals surface area contributed by atoms with E-state index in [2.05, 4.69) is 15.2 Å². The average Bonchev–Trinajstić information content (AvgIpc) is 2.76. The second kappa shape index (κ2) is 5.09. The van der Waals surface area contributed by atoms with Crippen LogP contribution in [0.5, 0.6) is 0 Å². The fourth-order valence-corrected chi connectivity index (χ4v) is 1.91. The van der Waals surface area contributed by atoms with Crippen molar-refractivity contribution in [3.8, 4) is 0 Å². The van der Waals surface area contributed by atoms with Gasteiger partial charge in [0.1, 0.15) is 18.2 Å². The molecule has 2 N–H and O–H groups in total. The molecule has 84 valence electrons. The van der Waals surface area contributed by atoms with Crippen LogP contribution in [-0.4, -0.2) is 20.3 Å². The van der Waals surface area contributed by atoms with Crippen molar-refractivity contribution in [1.29, 1.82) is 0 Å². The molecule has 6 heteroatoms. The second-order valence-electron chi connectivity index (χ2n) is 3.10. The summed E-state index contributed by atoms with van der Waals surface area (Å²) in [5.74, 6) is 1.44. The van der Waals surface area contributed by atoms with E-state index in [1.165, 1.54) is 23.9 Å². The van der Waals surface area contributed by atoms with E-state index in [1.54, 1.807) is 12.1 Å². The molecule has 0 aliphatic heterocycles. The summed E-state index contributed by atoms with van der Waals surface area (Å²) in [5.41, 5.74) is 0. The van der Waals surface area contributed by atoms with Gasteiger partial charge in [0, 0.05) is 4.90 Å². The van der Waals surface area contributed by atoms with E-state index in [4.69, 9.17) is 5.11 Å². The van der Waals surface area contributed by atoms with Crippen molar-refractivity contribution in [3.63, 3.8) is 0 Å². The van der Waals surface area contributed by atoms with Crippen LogP contribution in [0.4, 0.5) is 4.39 Å². The highest BCUT2D eigenvalue weighted by atomic mass is 32.2. The van der Waals surface area contributed by atoms with E-state index in [0.29, 0.717) is 17.4 Å². The standard InChI is InChI=1S/C10H10FN3OS/c11-7-1-3-8(4-2-7)16-6-10-12-9(5-15)13-14-10/h1-4,15H,5-6H2,(H,12,13,14). The topological polar surface area (TPSA) is 61.8 Å². The highest BCUT2D eigenvalue weighted by Crippen LogP contribution is 2.21. The number of aromatic amines is 1. The van der Waals surface area contributed by atoms with Gasteiger partial charge >= 0.3 is 0 Å². The smallest absolute Gasteiger partial charge is 0.176 e. The summed E-state index contributed by atoms with van der Waals surface area (Å²) in [5, 5.41) is 15.3. The van der Waals surface area contributed by atoms with Crippen molar-refractivity contribution in [2.75, 3.05) is 0 Å². The molecule has 1 aromatic carbocycles. The average molecular weight is 239 g/mol. The minimum Gasteiger partial charge on any atom is -0.388 e. The second-order valence-corrected chi connectivity index (χ2v) is 4.15. The number of hydrogen-bond donors (Lipinski definition) is 2. The third kappa shape index (κ3) is 2.80. The largest absolute Gasteiger partial charge is 0.388 e. The number of nitrogens with zero attached hydrogens (tertiary/aromatic N) is 2. The van der Waals surface area contributed by atoms with Crippen LogP contribution in [0.3, 0.4) is 0 Å². The van der Waals surface area contributed by atoms with Crippen LogP contribution in [0.1, 0.15) is 11.6 Å². The minimum absolute atomic E-state index is 0.169. The summed E-state index contributed by atoms with van der Waals surface area (Å²) in [6.07, 6.45) is 0. The number of hydrogen-bond acceptors (Lipinski definition) is 4. The van der Waals surface area contributed by atoms with Gasteiger partial charge in [-0.2, -0.15) is 5.10 Å². The number of nitrogens with one attached hydrogen (secondary N) is 1. The number of aromatic nitrogens is 3. The summed E-state index contributed by atoms with van der Waals surface area (Å²) in [6, 6.07) is 6.26. The lowest BCUT2D eigenvalue weighted by atomic mass is 10.4. The van der Waals surface area contributed by atoms with Crippen molar-refractivity contribution in [2.45, 2.75) is 17.3 Å². The number of thioether (sulfide) groups is 1. The van der Waals surface area contributed by atoms with Crippen molar-refractivity contribution in [3.05, 3.63) is 41.7 Å². The van der Waals surface area contributed by atoms with E-state index in [0.717, 1.165) is 4.90 Å². The Bertz CT molecular complexity index is 457. The highest BCUT2D eigenvalue weighted by molar-refractivity contribution is 7.98. The fraction of sp³-hybridized carbons (Fsp3) is 0.200. The van der Waals surface area contributed by atoms with Gasteiger partial charge in [0.05, 0.1) is 5.75 Å². The van der Waals surface area contributed by atoms with E-state index in [-0.39, 0.29) is 12.4 Å². The third-order valence-electron chi connectivity index (χ3n) is 1.91.